The van der Waals surface area contributed by atoms with E-state index in [1.165, 1.54) is 12.8 Å². The molecule has 0 aromatic carbocycles. The van der Waals surface area contributed by atoms with Crippen molar-refractivity contribution in [3.05, 3.63) is 0 Å². The fourth-order valence-electron chi connectivity index (χ4n) is 4.82. The summed E-state index contributed by atoms with van der Waals surface area (Å²) in [5, 5.41) is 0. The molecule has 4 fully saturated rings. The molecule has 2 aliphatic heterocycles. The summed E-state index contributed by atoms with van der Waals surface area (Å²) in [4.78, 5) is 0. The van der Waals surface area contributed by atoms with Gasteiger partial charge in [-0.25, -0.2) is 0 Å². The Hall–Kier alpha value is -0.0800. The van der Waals surface area contributed by atoms with Gasteiger partial charge in [0.2, 0.25) is 0 Å². The SMILES string of the molecule is CC1O[C@]2(C)O[C@@H]3C[C@H]4C[C@@H]3[C@@H]2[C@H]14. The van der Waals surface area contributed by atoms with Crippen LogP contribution in [-0.2, 0) is 9.47 Å². The Balaban J connectivity index is 1.89. The van der Waals surface area contributed by atoms with Crippen molar-refractivity contribution >= 4 is 0 Å². The van der Waals surface area contributed by atoms with Crippen molar-refractivity contribution in [2.24, 2.45) is 23.7 Å². The summed E-state index contributed by atoms with van der Waals surface area (Å²) in [6.45, 7) is 4.39. The lowest BCUT2D eigenvalue weighted by Crippen LogP contribution is -2.30. The Morgan fingerprint density at radius 3 is 2.92 bits per heavy atom. The van der Waals surface area contributed by atoms with Gasteiger partial charge < -0.3 is 9.47 Å². The average molecular weight is 180 g/mol. The predicted molar refractivity (Wildman–Crippen MR) is 47.0 cm³/mol. The summed E-state index contributed by atoms with van der Waals surface area (Å²) in [6, 6.07) is 0. The molecule has 1 unspecified atom stereocenters. The van der Waals surface area contributed by atoms with E-state index in [-0.39, 0.29) is 5.79 Å². The van der Waals surface area contributed by atoms with Crippen LogP contribution in [0.15, 0.2) is 0 Å². The van der Waals surface area contributed by atoms with E-state index in [9.17, 15) is 0 Å². The molecule has 2 heterocycles. The molecule has 13 heavy (non-hydrogen) atoms. The van der Waals surface area contributed by atoms with Crippen molar-refractivity contribution in [1.82, 2.24) is 0 Å². The smallest absolute Gasteiger partial charge is 0.169 e. The molecule has 2 saturated heterocycles. The lowest BCUT2D eigenvalue weighted by Gasteiger charge is -2.26. The normalized spacial score (nSPS) is 72.5. The first-order chi connectivity index (χ1) is 6.19. The number of ether oxygens (including phenoxy) is 2. The van der Waals surface area contributed by atoms with Crippen LogP contribution in [0.3, 0.4) is 0 Å². The number of rotatable bonds is 0. The zero-order chi connectivity index (χ0) is 8.79. The highest BCUT2D eigenvalue weighted by Gasteiger charge is 2.71. The molecule has 0 spiro atoms. The Kier molecular flexibility index (Phi) is 1.02. The second kappa shape index (κ2) is 1.82. The zero-order valence-electron chi connectivity index (χ0n) is 8.19. The zero-order valence-corrected chi connectivity index (χ0v) is 8.19. The van der Waals surface area contributed by atoms with Gasteiger partial charge in [-0.05, 0) is 44.4 Å². The number of fused-ring (bicyclic) bond motifs is 2. The topological polar surface area (TPSA) is 18.5 Å². The molecule has 0 N–H and O–H groups in total. The summed E-state index contributed by atoms with van der Waals surface area (Å²) in [5.74, 6) is 3.09. The highest BCUT2D eigenvalue weighted by molar-refractivity contribution is 5.14. The van der Waals surface area contributed by atoms with Crippen LogP contribution in [-0.4, -0.2) is 18.0 Å². The lowest BCUT2D eigenvalue weighted by molar-refractivity contribution is -0.219. The first-order valence-corrected chi connectivity index (χ1v) is 5.55. The molecule has 2 bridgehead atoms. The average Bonchev–Trinajstić information content (AvgIpc) is 2.63. The summed E-state index contributed by atoms with van der Waals surface area (Å²) in [7, 11) is 0. The third-order valence-electron chi connectivity index (χ3n) is 4.96. The van der Waals surface area contributed by atoms with Crippen molar-refractivity contribution in [1.29, 1.82) is 0 Å². The van der Waals surface area contributed by atoms with Crippen molar-refractivity contribution < 1.29 is 9.47 Å². The molecule has 0 amide bonds. The van der Waals surface area contributed by atoms with Gasteiger partial charge in [-0.3, -0.25) is 0 Å². The van der Waals surface area contributed by atoms with Gasteiger partial charge in [0.15, 0.2) is 5.79 Å². The van der Waals surface area contributed by atoms with Crippen LogP contribution in [0.25, 0.3) is 0 Å². The highest BCUT2D eigenvalue weighted by Crippen LogP contribution is 2.67. The third kappa shape index (κ3) is 0.608. The van der Waals surface area contributed by atoms with Crippen LogP contribution in [0.2, 0.25) is 0 Å². The van der Waals surface area contributed by atoms with Crippen molar-refractivity contribution in [2.45, 2.75) is 44.7 Å². The fraction of sp³-hybridized carbons (Fsp3) is 1.00. The first kappa shape index (κ1) is 7.24. The van der Waals surface area contributed by atoms with Crippen LogP contribution >= 0.6 is 0 Å². The largest absolute Gasteiger partial charge is 0.347 e. The Morgan fingerprint density at radius 2 is 2.08 bits per heavy atom. The van der Waals surface area contributed by atoms with Gasteiger partial charge in [0.1, 0.15) is 0 Å². The quantitative estimate of drug-likeness (QED) is 0.566. The van der Waals surface area contributed by atoms with Gasteiger partial charge in [-0.15, -0.1) is 0 Å². The molecular formula is C11H16O2. The molecule has 0 aromatic rings. The molecule has 72 valence electrons. The molecule has 4 rings (SSSR count). The minimum absolute atomic E-state index is 0.204. The van der Waals surface area contributed by atoms with Crippen LogP contribution < -0.4 is 0 Å². The van der Waals surface area contributed by atoms with E-state index in [1.807, 2.05) is 0 Å². The minimum atomic E-state index is -0.204. The summed E-state index contributed by atoms with van der Waals surface area (Å²) in [5.41, 5.74) is 0. The second-order valence-corrected chi connectivity index (χ2v) is 5.49. The van der Waals surface area contributed by atoms with Crippen LogP contribution in [0.1, 0.15) is 26.7 Å². The van der Waals surface area contributed by atoms with Gasteiger partial charge in [-0.2, -0.15) is 0 Å². The highest BCUT2D eigenvalue weighted by atomic mass is 16.7. The first-order valence-electron chi connectivity index (χ1n) is 5.55. The van der Waals surface area contributed by atoms with Gasteiger partial charge in [0.25, 0.3) is 0 Å². The van der Waals surface area contributed by atoms with E-state index >= 15 is 0 Å². The predicted octanol–water partition coefficient (Wildman–Crippen LogP) is 1.79. The molecule has 4 aliphatic rings. The monoisotopic (exact) mass is 180 g/mol. The second-order valence-electron chi connectivity index (χ2n) is 5.49. The third-order valence-corrected chi connectivity index (χ3v) is 4.96. The maximum Gasteiger partial charge on any atom is 0.169 e. The number of hydrogen-bond donors (Lipinski definition) is 0. The molecular weight excluding hydrogens is 164 g/mol. The molecule has 0 radical (unpaired) electrons. The van der Waals surface area contributed by atoms with Crippen LogP contribution in [0.4, 0.5) is 0 Å². The molecule has 2 heteroatoms. The maximum atomic E-state index is 6.07. The van der Waals surface area contributed by atoms with E-state index in [1.54, 1.807) is 0 Å². The van der Waals surface area contributed by atoms with Crippen LogP contribution in [0, 0.1) is 23.7 Å². The molecule has 2 saturated carbocycles. The molecule has 0 aromatic heterocycles. The van der Waals surface area contributed by atoms with Crippen LogP contribution in [0.5, 0.6) is 0 Å². The fourth-order valence-corrected chi connectivity index (χ4v) is 4.82. The molecule has 2 nitrogen and oxygen atoms in total. The lowest BCUT2D eigenvalue weighted by atomic mass is 9.77. The van der Waals surface area contributed by atoms with Gasteiger partial charge in [-0.1, -0.05) is 0 Å². The summed E-state index contributed by atoms with van der Waals surface area (Å²) >= 11 is 0. The van der Waals surface area contributed by atoms with Crippen molar-refractivity contribution in [3.63, 3.8) is 0 Å². The van der Waals surface area contributed by atoms with Gasteiger partial charge in [0, 0.05) is 5.92 Å². The van der Waals surface area contributed by atoms with E-state index < -0.39 is 0 Å². The minimum Gasteiger partial charge on any atom is -0.347 e. The van der Waals surface area contributed by atoms with E-state index in [0.29, 0.717) is 12.2 Å². The van der Waals surface area contributed by atoms with Crippen molar-refractivity contribution in [2.75, 3.05) is 0 Å². The molecule has 2 aliphatic carbocycles. The Morgan fingerprint density at radius 1 is 1.23 bits per heavy atom. The summed E-state index contributed by atoms with van der Waals surface area (Å²) in [6.07, 6.45) is 3.72. The maximum absolute atomic E-state index is 6.07. The Labute approximate surface area is 78.6 Å². The van der Waals surface area contributed by atoms with Crippen molar-refractivity contribution in [3.8, 4) is 0 Å². The van der Waals surface area contributed by atoms with Gasteiger partial charge >= 0.3 is 0 Å². The van der Waals surface area contributed by atoms with E-state index in [0.717, 1.165) is 23.7 Å². The molecule has 7 atom stereocenters. The summed E-state index contributed by atoms with van der Waals surface area (Å²) < 4.78 is 12.1. The Bertz CT molecular complexity index is 275. The van der Waals surface area contributed by atoms with Gasteiger partial charge in [0.05, 0.1) is 12.2 Å². The van der Waals surface area contributed by atoms with E-state index in [4.69, 9.17) is 9.47 Å². The number of hydrogen-bond acceptors (Lipinski definition) is 2. The standard InChI is InChI=1S/C11H16O2/c1-5-9-6-3-7-8(4-6)13-11(2,12-5)10(7)9/h5-10H,3-4H2,1-2H3/t5?,6-,7+,8-,9-,10-,11-/m1/s1. The van der Waals surface area contributed by atoms with E-state index in [2.05, 4.69) is 13.8 Å².